The molecule has 0 bridgehead atoms. The van der Waals surface area contributed by atoms with Crippen molar-refractivity contribution in [1.82, 2.24) is 15.1 Å². The van der Waals surface area contributed by atoms with Crippen molar-refractivity contribution in [2.75, 3.05) is 65.9 Å². The lowest BCUT2D eigenvalue weighted by molar-refractivity contribution is -0.133. The molecule has 10 nitrogen and oxygen atoms in total. The lowest BCUT2D eigenvalue weighted by Gasteiger charge is -2.38. The van der Waals surface area contributed by atoms with E-state index in [1.165, 1.54) is 6.42 Å². The molecule has 0 aromatic heterocycles. The van der Waals surface area contributed by atoms with Gasteiger partial charge in [0.05, 0.1) is 58.5 Å². The fourth-order valence-electron chi connectivity index (χ4n) is 5.18. The zero-order valence-corrected chi connectivity index (χ0v) is 23.6. The number of carbonyl (C=O) groups is 1. The van der Waals surface area contributed by atoms with Crippen LogP contribution in [-0.2, 0) is 23.7 Å². The summed E-state index contributed by atoms with van der Waals surface area (Å²) < 4.78 is 21.5. The molecular weight excluding hydrogens is 486 g/mol. The van der Waals surface area contributed by atoms with Gasteiger partial charge in [-0.3, -0.25) is 15.6 Å². The molecule has 2 saturated heterocycles. The van der Waals surface area contributed by atoms with Gasteiger partial charge in [-0.2, -0.15) is 0 Å². The van der Waals surface area contributed by atoms with E-state index in [4.69, 9.17) is 36.2 Å². The van der Waals surface area contributed by atoms with Gasteiger partial charge in [0.25, 0.3) is 0 Å². The highest BCUT2D eigenvalue weighted by Gasteiger charge is 2.32. The maximum atomic E-state index is 12.6. The second kappa shape index (κ2) is 18.3. The van der Waals surface area contributed by atoms with Gasteiger partial charge in [0.15, 0.2) is 0 Å². The fourth-order valence-corrected chi connectivity index (χ4v) is 5.18. The van der Waals surface area contributed by atoms with Crippen LogP contribution < -0.4 is 5.32 Å². The van der Waals surface area contributed by atoms with Gasteiger partial charge in [-0.15, -0.1) is 6.42 Å². The van der Waals surface area contributed by atoms with E-state index in [-0.39, 0.29) is 17.9 Å². The number of hydrogen-bond donors (Lipinski definition) is 3. The molecule has 1 amide bonds. The Morgan fingerprint density at radius 2 is 1.58 bits per heavy atom. The van der Waals surface area contributed by atoms with Crippen LogP contribution in [0.5, 0.6) is 0 Å². The Kier molecular flexibility index (Phi) is 15.5. The minimum Gasteiger partial charge on any atom is -0.379 e. The summed E-state index contributed by atoms with van der Waals surface area (Å²) in [5.74, 6) is 3.51. The van der Waals surface area contributed by atoms with Crippen molar-refractivity contribution in [2.24, 2.45) is 5.92 Å². The van der Waals surface area contributed by atoms with Crippen LogP contribution >= 0.6 is 0 Å². The van der Waals surface area contributed by atoms with E-state index in [2.05, 4.69) is 25.1 Å². The molecule has 0 radical (unpaired) electrons. The number of terminal acetylenes is 1. The van der Waals surface area contributed by atoms with Gasteiger partial charge in [0.2, 0.25) is 5.91 Å². The summed E-state index contributed by atoms with van der Waals surface area (Å²) in [7, 11) is 0. The highest BCUT2D eigenvalue weighted by Crippen LogP contribution is 2.24. The Hall–Kier alpha value is -2.03. The SMILES string of the molecule is C#CCOCCOCCOCCOCCC(=O)N1CCC(C(=N)N(C(C)=N)C(C)CC2CCC(C)N2)CC1. The van der Waals surface area contributed by atoms with Crippen molar-refractivity contribution in [3.05, 3.63) is 0 Å². The third-order valence-corrected chi connectivity index (χ3v) is 7.15. The van der Waals surface area contributed by atoms with Gasteiger partial charge in [-0.05, 0) is 52.9 Å². The highest BCUT2D eigenvalue weighted by atomic mass is 16.6. The summed E-state index contributed by atoms with van der Waals surface area (Å²) in [6, 6.07) is 1.10. The van der Waals surface area contributed by atoms with E-state index >= 15 is 0 Å². The molecule has 2 rings (SSSR count). The number of likely N-dealkylation sites (tertiary alicyclic amines) is 1. The van der Waals surface area contributed by atoms with Gasteiger partial charge in [0.1, 0.15) is 12.4 Å². The molecule has 2 aliphatic heterocycles. The fraction of sp³-hybridized carbons (Fsp3) is 0.821. The minimum atomic E-state index is 0.0742. The van der Waals surface area contributed by atoms with Gasteiger partial charge in [-0.25, -0.2) is 0 Å². The average Bonchev–Trinajstić information content (AvgIpc) is 3.30. The number of carbonyl (C=O) groups excluding carboxylic acids is 1. The lowest BCUT2D eigenvalue weighted by Crippen LogP contribution is -2.49. The van der Waals surface area contributed by atoms with Crippen molar-refractivity contribution in [2.45, 2.75) is 77.4 Å². The van der Waals surface area contributed by atoms with Crippen LogP contribution in [0.1, 0.15) is 59.3 Å². The summed E-state index contributed by atoms with van der Waals surface area (Å²) in [6.07, 6.45) is 10.2. The van der Waals surface area contributed by atoms with Gasteiger partial charge in [-0.1, -0.05) is 5.92 Å². The summed E-state index contributed by atoms with van der Waals surface area (Å²) >= 11 is 0. The first-order chi connectivity index (χ1) is 18.3. The quantitative estimate of drug-likeness (QED) is 0.113. The molecule has 10 heteroatoms. The van der Waals surface area contributed by atoms with E-state index in [1.807, 2.05) is 9.80 Å². The molecule has 3 atom stereocenters. The van der Waals surface area contributed by atoms with E-state index in [0.717, 1.165) is 25.7 Å². The second-order valence-electron chi connectivity index (χ2n) is 10.3. The molecular formula is C28H49N5O5. The smallest absolute Gasteiger partial charge is 0.224 e. The first kappa shape index (κ1) is 32.2. The van der Waals surface area contributed by atoms with Gasteiger partial charge in [0, 0.05) is 37.1 Å². The molecule has 2 heterocycles. The topological polar surface area (TPSA) is 120 Å². The van der Waals surface area contributed by atoms with Crippen LogP contribution in [0.4, 0.5) is 0 Å². The predicted molar refractivity (Wildman–Crippen MR) is 149 cm³/mol. The maximum absolute atomic E-state index is 12.6. The van der Waals surface area contributed by atoms with Crippen LogP contribution in [0.2, 0.25) is 0 Å². The predicted octanol–water partition coefficient (Wildman–Crippen LogP) is 2.51. The highest BCUT2D eigenvalue weighted by molar-refractivity contribution is 5.98. The third kappa shape index (κ3) is 11.8. The Labute approximate surface area is 229 Å². The van der Waals surface area contributed by atoms with E-state index in [9.17, 15) is 4.79 Å². The van der Waals surface area contributed by atoms with Gasteiger partial charge < -0.3 is 34.1 Å². The van der Waals surface area contributed by atoms with Gasteiger partial charge >= 0.3 is 0 Å². The Morgan fingerprint density at radius 3 is 2.11 bits per heavy atom. The van der Waals surface area contributed by atoms with Crippen LogP contribution in [0.25, 0.3) is 0 Å². The average molecular weight is 536 g/mol. The number of amidine groups is 2. The third-order valence-electron chi connectivity index (χ3n) is 7.15. The van der Waals surface area contributed by atoms with Crippen molar-refractivity contribution in [1.29, 1.82) is 10.8 Å². The number of piperidine rings is 1. The van der Waals surface area contributed by atoms with Crippen LogP contribution in [0.3, 0.4) is 0 Å². The van der Waals surface area contributed by atoms with E-state index < -0.39 is 0 Å². The van der Waals surface area contributed by atoms with E-state index in [0.29, 0.717) is 96.1 Å². The summed E-state index contributed by atoms with van der Waals surface area (Å²) in [5, 5.41) is 20.8. The molecule has 216 valence electrons. The molecule has 0 aromatic carbocycles. The molecule has 3 unspecified atom stereocenters. The summed E-state index contributed by atoms with van der Waals surface area (Å²) in [5.41, 5.74) is 0. The van der Waals surface area contributed by atoms with Crippen molar-refractivity contribution < 1.29 is 23.7 Å². The number of ether oxygens (including phenoxy) is 4. The van der Waals surface area contributed by atoms with Crippen molar-refractivity contribution in [3.8, 4) is 12.3 Å². The lowest BCUT2D eigenvalue weighted by atomic mass is 9.93. The standard InChI is InChI=1S/C28H49N5O5/c1-5-13-35-15-17-37-19-20-38-18-16-36-14-10-27(34)32-11-8-25(9-12-32)28(30)33(24(4)29)23(3)21-26-7-6-22(2)31-26/h1,22-23,25-26,29-31H,6-21H2,2-4H3. The number of nitrogens with zero attached hydrogens (tertiary/aromatic N) is 2. The molecule has 2 aliphatic rings. The van der Waals surface area contributed by atoms with E-state index in [1.54, 1.807) is 6.92 Å². The molecule has 0 spiro atoms. The zero-order valence-electron chi connectivity index (χ0n) is 23.6. The maximum Gasteiger partial charge on any atom is 0.224 e. The first-order valence-corrected chi connectivity index (χ1v) is 14.0. The zero-order chi connectivity index (χ0) is 27.8. The second-order valence-corrected chi connectivity index (χ2v) is 10.3. The molecule has 38 heavy (non-hydrogen) atoms. The van der Waals surface area contributed by atoms with Crippen molar-refractivity contribution >= 4 is 17.6 Å². The number of amides is 1. The first-order valence-electron chi connectivity index (χ1n) is 14.0. The minimum absolute atomic E-state index is 0.0742. The normalized spacial score (nSPS) is 20.7. The number of hydrogen-bond acceptors (Lipinski definition) is 8. The largest absolute Gasteiger partial charge is 0.379 e. The van der Waals surface area contributed by atoms with Crippen molar-refractivity contribution in [3.63, 3.8) is 0 Å². The summed E-state index contributed by atoms with van der Waals surface area (Å²) in [4.78, 5) is 16.4. The molecule has 0 saturated carbocycles. The molecule has 0 aromatic rings. The monoisotopic (exact) mass is 535 g/mol. The number of nitrogens with one attached hydrogen (secondary N) is 3. The Balaban J connectivity index is 1.56. The molecule has 0 aliphatic carbocycles. The number of rotatable bonds is 17. The van der Waals surface area contributed by atoms with Crippen LogP contribution in [-0.4, -0.2) is 111 Å². The Morgan fingerprint density at radius 1 is 1.00 bits per heavy atom. The summed E-state index contributed by atoms with van der Waals surface area (Å²) in [6.45, 7) is 10.9. The van der Waals surface area contributed by atoms with Crippen LogP contribution in [0.15, 0.2) is 0 Å². The Bertz CT molecular complexity index is 765. The molecule has 3 N–H and O–H groups in total. The van der Waals surface area contributed by atoms with Crippen LogP contribution in [0, 0.1) is 29.1 Å². The molecule has 2 fully saturated rings.